The third-order valence-electron chi connectivity index (χ3n) is 12.8. The third-order valence-corrected chi connectivity index (χ3v) is 15.0. The minimum absolute atomic E-state index is 0.0610. The SMILES string of the molecule is C[C@H]1C/C=C\[C@H](OCCN2CCOCC2)[C@@H]2CC[C@H]2CN2C[C@@]3(CCCc4cc(Cl)ccc43)COc3ccc(cc32)C(=O)N=S(=O)(Nc2ncnc3nn(C)cc23)C1. The highest BCUT2D eigenvalue weighted by Gasteiger charge is 2.44. The van der Waals surface area contributed by atoms with Crippen molar-refractivity contribution in [1.29, 1.82) is 0 Å². The molecule has 9 rings (SSSR count). The number of aryl methyl sites for hydroxylation is 2. The number of hydrogen-bond acceptors (Lipinski definition) is 10. The average molecular weight is 829 g/mol. The highest BCUT2D eigenvalue weighted by Crippen LogP contribution is 2.47. The van der Waals surface area contributed by atoms with E-state index in [-0.39, 0.29) is 23.2 Å². The van der Waals surface area contributed by atoms with Crippen molar-refractivity contribution in [2.24, 2.45) is 29.2 Å². The number of carbonyl (C=O) groups is 1. The summed E-state index contributed by atoms with van der Waals surface area (Å²) in [6, 6.07) is 11.8. The van der Waals surface area contributed by atoms with Crippen LogP contribution in [0.25, 0.3) is 11.0 Å². The van der Waals surface area contributed by atoms with E-state index in [1.807, 2.05) is 25.1 Å². The van der Waals surface area contributed by atoms with Crippen molar-refractivity contribution in [3.05, 3.63) is 82.8 Å². The summed E-state index contributed by atoms with van der Waals surface area (Å²) >= 11 is 6.53. The molecule has 1 saturated heterocycles. The van der Waals surface area contributed by atoms with E-state index in [1.54, 1.807) is 24.0 Å². The van der Waals surface area contributed by atoms with E-state index in [4.69, 9.17) is 25.8 Å². The van der Waals surface area contributed by atoms with Crippen molar-refractivity contribution in [3.63, 3.8) is 0 Å². The van der Waals surface area contributed by atoms with E-state index >= 15 is 4.21 Å². The van der Waals surface area contributed by atoms with Crippen molar-refractivity contribution < 1.29 is 23.2 Å². The second-order valence-corrected chi connectivity index (χ2v) is 19.4. The van der Waals surface area contributed by atoms with Gasteiger partial charge in [0, 0.05) is 62.0 Å². The van der Waals surface area contributed by atoms with Crippen LogP contribution in [0, 0.1) is 17.8 Å². The summed E-state index contributed by atoms with van der Waals surface area (Å²) < 4.78 is 43.4. The van der Waals surface area contributed by atoms with Gasteiger partial charge in [-0.25, -0.2) is 14.2 Å². The van der Waals surface area contributed by atoms with Gasteiger partial charge in [-0.15, -0.1) is 4.36 Å². The van der Waals surface area contributed by atoms with Crippen LogP contribution < -0.4 is 14.4 Å². The highest BCUT2D eigenvalue weighted by molar-refractivity contribution is 7.95. The van der Waals surface area contributed by atoms with Gasteiger partial charge in [0.2, 0.25) is 0 Å². The first-order valence-electron chi connectivity index (χ1n) is 20.7. The fraction of sp³-hybridized carbons (Fsp3) is 0.535. The molecule has 2 aromatic heterocycles. The smallest absolute Gasteiger partial charge is 0.286 e. The molecule has 1 unspecified atom stereocenters. The molecule has 58 heavy (non-hydrogen) atoms. The third kappa shape index (κ3) is 8.23. The Bertz CT molecular complexity index is 2320. The summed E-state index contributed by atoms with van der Waals surface area (Å²) in [5, 5.41) is 5.74. The van der Waals surface area contributed by atoms with Crippen LogP contribution in [0.4, 0.5) is 11.5 Å². The zero-order valence-corrected chi connectivity index (χ0v) is 34.9. The first-order chi connectivity index (χ1) is 28.1. The average Bonchev–Trinajstić information content (AvgIpc) is 3.52. The highest BCUT2D eigenvalue weighted by atomic mass is 35.5. The molecule has 6 atom stereocenters. The van der Waals surface area contributed by atoms with Gasteiger partial charge in [-0.1, -0.05) is 36.7 Å². The maximum atomic E-state index is 15.0. The van der Waals surface area contributed by atoms with Crippen molar-refractivity contribution in [1.82, 2.24) is 24.6 Å². The molecule has 1 N–H and O–H groups in total. The predicted molar refractivity (Wildman–Crippen MR) is 226 cm³/mol. The number of amides is 1. The Morgan fingerprint density at radius 3 is 2.84 bits per heavy atom. The maximum absolute atomic E-state index is 15.0. The minimum Gasteiger partial charge on any atom is -0.490 e. The van der Waals surface area contributed by atoms with E-state index in [2.05, 4.69) is 58.2 Å². The van der Waals surface area contributed by atoms with E-state index < -0.39 is 15.8 Å². The van der Waals surface area contributed by atoms with Crippen LogP contribution in [-0.2, 0) is 38.3 Å². The monoisotopic (exact) mass is 828 g/mol. The van der Waals surface area contributed by atoms with Crippen LogP contribution in [0.3, 0.4) is 0 Å². The Kier molecular flexibility index (Phi) is 11.2. The number of benzene rings is 2. The molecule has 308 valence electrons. The van der Waals surface area contributed by atoms with Gasteiger partial charge < -0.3 is 19.1 Å². The number of ether oxygens (including phenoxy) is 3. The summed E-state index contributed by atoms with van der Waals surface area (Å²) in [4.78, 5) is 27.9. The number of nitrogens with zero attached hydrogens (tertiary/aromatic N) is 7. The number of hydrogen-bond donors (Lipinski definition) is 1. The Morgan fingerprint density at radius 2 is 2.00 bits per heavy atom. The number of rotatable bonds is 6. The van der Waals surface area contributed by atoms with Gasteiger partial charge in [-0.05, 0) is 97.7 Å². The normalized spacial score (nSPS) is 29.7. The fourth-order valence-electron chi connectivity index (χ4n) is 9.62. The quantitative estimate of drug-likeness (QED) is 0.216. The minimum atomic E-state index is -3.39. The number of halogens is 1. The van der Waals surface area contributed by atoms with Gasteiger partial charge in [0.25, 0.3) is 5.91 Å². The Balaban J connectivity index is 1.10. The molecule has 5 aliphatic rings. The first kappa shape index (κ1) is 39.4. The topological polar surface area (TPSA) is 136 Å². The number of anilines is 2. The Morgan fingerprint density at radius 1 is 1.12 bits per heavy atom. The summed E-state index contributed by atoms with van der Waals surface area (Å²) in [6.07, 6.45) is 13.3. The molecular formula is C43H53ClN8O5S. The van der Waals surface area contributed by atoms with Crippen LogP contribution in [0.5, 0.6) is 5.75 Å². The van der Waals surface area contributed by atoms with Crippen molar-refractivity contribution >= 4 is 50.0 Å². The molecule has 1 saturated carbocycles. The van der Waals surface area contributed by atoms with Gasteiger partial charge in [0.15, 0.2) is 11.5 Å². The largest absolute Gasteiger partial charge is 0.490 e. The van der Waals surface area contributed by atoms with E-state index in [0.717, 1.165) is 94.5 Å². The predicted octanol–water partition coefficient (Wildman–Crippen LogP) is 6.46. The van der Waals surface area contributed by atoms with Crippen molar-refractivity contribution in [3.8, 4) is 5.75 Å². The van der Waals surface area contributed by atoms with Crippen LogP contribution in [0.1, 0.15) is 60.5 Å². The molecular weight excluding hydrogens is 776 g/mol. The lowest BCUT2D eigenvalue weighted by molar-refractivity contribution is -0.0315. The molecule has 2 aromatic carbocycles. The standard InChI is InChI=1S/C43H53ClN8O5S/c1-29-5-3-7-38(56-20-17-51-15-18-55-19-16-51)34-11-8-32(34)23-52-26-43(14-4-6-30-21-33(44)10-12-36(30)43)27-57-39-13-9-31(22-37(39)52)42(53)49-58(54,25-29)48-41-35-24-50(2)47-40(35)45-28-46-41/h3,7,9-10,12-13,21-22,24,28-29,32,34,38H,4-6,8,11,14-20,23,25-27H2,1-2H3,(H,45,46,47,48,49,53,54)/b7-3-/t29-,32-,34+,38-,43-,58?/m0/s1. The van der Waals surface area contributed by atoms with Crippen LogP contribution in [-0.4, -0.2) is 106 Å². The van der Waals surface area contributed by atoms with Crippen LogP contribution in [0.2, 0.25) is 5.02 Å². The van der Waals surface area contributed by atoms with Gasteiger partial charge >= 0.3 is 0 Å². The molecule has 2 fully saturated rings. The summed E-state index contributed by atoms with van der Waals surface area (Å²) in [5.74, 6) is 1.24. The number of nitrogens with one attached hydrogen (secondary N) is 1. The second kappa shape index (κ2) is 16.5. The lowest BCUT2D eigenvalue weighted by Gasteiger charge is -2.46. The Hall–Kier alpha value is -4.08. The maximum Gasteiger partial charge on any atom is 0.286 e. The van der Waals surface area contributed by atoms with Gasteiger partial charge in [-0.2, -0.15) is 5.10 Å². The van der Waals surface area contributed by atoms with Gasteiger partial charge in [-0.3, -0.25) is 19.1 Å². The van der Waals surface area contributed by atoms with Crippen molar-refractivity contribution in [2.75, 3.05) is 74.5 Å². The zero-order chi connectivity index (χ0) is 39.9. The van der Waals surface area contributed by atoms with Gasteiger partial charge in [0.1, 0.15) is 22.0 Å². The molecule has 3 aliphatic heterocycles. The van der Waals surface area contributed by atoms with E-state index in [1.165, 1.54) is 17.5 Å². The molecule has 13 nitrogen and oxygen atoms in total. The lowest BCUT2D eigenvalue weighted by atomic mass is 9.68. The molecule has 0 radical (unpaired) electrons. The van der Waals surface area contributed by atoms with Gasteiger partial charge in [0.05, 0.1) is 49.4 Å². The molecule has 2 bridgehead atoms. The molecule has 4 aromatic rings. The summed E-state index contributed by atoms with van der Waals surface area (Å²) in [6.45, 7) is 8.95. The number of aromatic nitrogens is 4. The zero-order valence-electron chi connectivity index (χ0n) is 33.4. The molecule has 1 spiro atoms. The fourth-order valence-corrected chi connectivity index (χ4v) is 11.8. The molecule has 2 aliphatic carbocycles. The Labute approximate surface area is 345 Å². The van der Waals surface area contributed by atoms with E-state index in [9.17, 15) is 4.79 Å². The van der Waals surface area contributed by atoms with Crippen LogP contribution >= 0.6 is 11.6 Å². The van der Waals surface area contributed by atoms with Crippen molar-refractivity contribution in [2.45, 2.75) is 57.0 Å². The molecule has 5 heterocycles. The summed E-state index contributed by atoms with van der Waals surface area (Å²) in [5.41, 5.74) is 3.99. The number of allylic oxidation sites excluding steroid dienone is 1. The van der Waals surface area contributed by atoms with E-state index in [0.29, 0.717) is 53.9 Å². The lowest BCUT2D eigenvalue weighted by Crippen LogP contribution is -2.50. The summed E-state index contributed by atoms with van der Waals surface area (Å²) in [7, 11) is -1.59. The number of carbonyl (C=O) groups excluding carboxylic acids is 1. The number of morpholine rings is 1. The first-order valence-corrected chi connectivity index (χ1v) is 22.8. The van der Waals surface area contributed by atoms with Crippen LogP contribution in [0.15, 0.2) is 65.4 Å². The second-order valence-electron chi connectivity index (χ2n) is 16.9. The molecule has 15 heteroatoms. The molecule has 1 amide bonds. The number of fused-ring (bicyclic) bond motifs is 5.